The first kappa shape index (κ1) is 38.0. The number of aryl methyl sites for hydroxylation is 1. The Balaban J connectivity index is 1.26. The molecule has 8 rings (SSSR count). The lowest BCUT2D eigenvalue weighted by Crippen LogP contribution is -2.56. The van der Waals surface area contributed by atoms with E-state index in [0.29, 0.717) is 13.0 Å². The number of hydrazine groups is 1. The van der Waals surface area contributed by atoms with E-state index >= 15 is 0 Å². The summed E-state index contributed by atoms with van der Waals surface area (Å²) in [4.78, 5) is 32.5. The average Bonchev–Trinajstić information content (AvgIpc) is 3.86. The molecule has 0 saturated carbocycles. The van der Waals surface area contributed by atoms with Gasteiger partial charge in [-0.1, -0.05) is 65.9 Å². The van der Waals surface area contributed by atoms with Crippen LogP contribution >= 0.6 is 0 Å². The number of carbonyl (C=O) groups excluding carboxylic acids is 2. The Hall–Kier alpha value is -5.85. The quantitative estimate of drug-likeness (QED) is 0.169. The molecule has 2 N–H and O–H groups in total. The third-order valence-corrected chi connectivity index (χ3v) is 11.4. The van der Waals surface area contributed by atoms with Gasteiger partial charge in [-0.25, -0.2) is 14.9 Å². The SMILES string of the molecule is CCn1c(-c2cccnc2[C@H](C)OC)c2c3cc(ccc31)-c1cccc(c1)C[C@H](NC(=O)OCc1ccccc1)C(=O)N1CCC[C@H](N1)c1cn(nn1)C(C)(C)C2. The summed E-state index contributed by atoms with van der Waals surface area (Å²) in [5.41, 5.74) is 12.9. The molecule has 6 aromatic rings. The standard InChI is InChI=1S/C45H50N8O4/c1-6-51-40-20-19-33-25-35(40)36(42(51)34-17-11-21-46-41(34)29(2)56-5)26-45(3,4)53-27-39(48-50-53)37-18-12-22-52(49-37)43(54)38(24-31-15-10-16-32(33)23-31)47-44(55)57-28-30-13-8-7-9-14-30/h7-11,13-17,19-21,23,25,27,29,37-38,49H,6,12,18,22,24,26,28H2,1-5H3,(H,47,55)/t29-,37-,38-/m0/s1. The summed E-state index contributed by atoms with van der Waals surface area (Å²) in [6.07, 6.45) is 5.43. The van der Waals surface area contributed by atoms with Crippen molar-refractivity contribution in [2.45, 2.75) is 90.3 Å². The molecule has 57 heavy (non-hydrogen) atoms. The minimum atomic E-state index is -0.887. The predicted molar refractivity (Wildman–Crippen MR) is 219 cm³/mol. The molecule has 1 fully saturated rings. The van der Waals surface area contributed by atoms with Gasteiger partial charge in [0.15, 0.2) is 0 Å². The molecule has 0 aliphatic carbocycles. The number of aromatic nitrogens is 5. The molecule has 294 valence electrons. The van der Waals surface area contributed by atoms with Crippen LogP contribution in [0.5, 0.6) is 0 Å². The summed E-state index contributed by atoms with van der Waals surface area (Å²) >= 11 is 0. The van der Waals surface area contributed by atoms with Gasteiger partial charge >= 0.3 is 6.09 Å². The van der Waals surface area contributed by atoms with E-state index in [9.17, 15) is 9.59 Å². The monoisotopic (exact) mass is 766 g/mol. The van der Waals surface area contributed by atoms with Gasteiger partial charge in [-0.05, 0) is 99.0 Å². The highest BCUT2D eigenvalue weighted by atomic mass is 16.5. The maximum Gasteiger partial charge on any atom is 0.408 e. The molecule has 8 bridgehead atoms. The number of carbonyl (C=O) groups is 2. The molecule has 5 heterocycles. The average molecular weight is 767 g/mol. The first-order chi connectivity index (χ1) is 27.6. The van der Waals surface area contributed by atoms with Crippen molar-refractivity contribution in [2.75, 3.05) is 13.7 Å². The Bertz CT molecular complexity index is 2400. The molecule has 12 heteroatoms. The van der Waals surface area contributed by atoms with Crippen molar-refractivity contribution in [1.82, 2.24) is 40.3 Å². The van der Waals surface area contributed by atoms with Gasteiger partial charge in [0.1, 0.15) is 18.3 Å². The Labute approximate surface area is 333 Å². The van der Waals surface area contributed by atoms with Gasteiger partial charge < -0.3 is 19.4 Å². The van der Waals surface area contributed by atoms with E-state index in [1.54, 1.807) is 12.1 Å². The summed E-state index contributed by atoms with van der Waals surface area (Å²) in [7, 11) is 1.72. The number of hydrogen-bond acceptors (Lipinski definition) is 8. The molecule has 2 aliphatic rings. The van der Waals surface area contributed by atoms with Gasteiger partial charge in [-0.3, -0.25) is 14.8 Å². The molecule has 1 saturated heterocycles. The van der Waals surface area contributed by atoms with Crippen LogP contribution in [0.15, 0.2) is 97.3 Å². The lowest BCUT2D eigenvalue weighted by molar-refractivity contribution is -0.139. The Kier molecular flexibility index (Phi) is 10.6. The van der Waals surface area contributed by atoms with Crippen LogP contribution in [0.2, 0.25) is 0 Å². The zero-order valence-corrected chi connectivity index (χ0v) is 33.2. The van der Waals surface area contributed by atoms with E-state index in [4.69, 9.17) is 19.7 Å². The number of nitrogens with one attached hydrogen (secondary N) is 2. The number of nitrogens with zero attached hydrogens (tertiary/aromatic N) is 6. The van der Waals surface area contributed by atoms with E-state index in [1.165, 1.54) is 5.56 Å². The number of rotatable bonds is 7. The Morgan fingerprint density at radius 2 is 1.86 bits per heavy atom. The molecule has 3 aromatic heterocycles. The van der Waals surface area contributed by atoms with Crippen molar-refractivity contribution < 1.29 is 19.1 Å². The van der Waals surface area contributed by atoms with Crippen molar-refractivity contribution >= 4 is 22.9 Å². The number of ether oxygens (including phenoxy) is 2. The topological polar surface area (TPSA) is 128 Å². The van der Waals surface area contributed by atoms with Gasteiger partial charge in [0.05, 0.1) is 35.3 Å². The van der Waals surface area contributed by atoms with Crippen LogP contribution < -0.4 is 10.7 Å². The fourth-order valence-corrected chi connectivity index (χ4v) is 8.29. The van der Waals surface area contributed by atoms with Crippen molar-refractivity contribution in [3.63, 3.8) is 0 Å². The van der Waals surface area contributed by atoms with Crippen LogP contribution in [-0.4, -0.2) is 61.3 Å². The predicted octanol–water partition coefficient (Wildman–Crippen LogP) is 7.69. The Morgan fingerprint density at radius 1 is 1.04 bits per heavy atom. The second-order valence-corrected chi connectivity index (χ2v) is 15.7. The molecule has 0 spiro atoms. The number of benzene rings is 3. The first-order valence-corrected chi connectivity index (χ1v) is 19.8. The van der Waals surface area contributed by atoms with Gasteiger partial charge in [0.2, 0.25) is 0 Å². The second kappa shape index (κ2) is 16.0. The molecule has 2 aliphatic heterocycles. The molecular formula is C45H50N8O4. The maximum absolute atomic E-state index is 14.4. The summed E-state index contributed by atoms with van der Waals surface area (Å²) in [5.74, 6) is -0.243. The van der Waals surface area contributed by atoms with Gasteiger partial charge in [0, 0.05) is 49.3 Å². The van der Waals surface area contributed by atoms with Gasteiger partial charge in [-0.2, -0.15) is 0 Å². The van der Waals surface area contributed by atoms with E-state index < -0.39 is 17.7 Å². The summed E-state index contributed by atoms with van der Waals surface area (Å²) < 4.78 is 15.8. The van der Waals surface area contributed by atoms with Gasteiger partial charge in [0.25, 0.3) is 5.91 Å². The minimum absolute atomic E-state index is 0.0958. The first-order valence-electron chi connectivity index (χ1n) is 19.8. The maximum atomic E-state index is 14.4. The van der Waals surface area contributed by atoms with Crippen molar-refractivity contribution in [3.8, 4) is 22.4 Å². The minimum Gasteiger partial charge on any atom is -0.445 e. The highest BCUT2D eigenvalue weighted by Gasteiger charge is 2.34. The zero-order valence-electron chi connectivity index (χ0n) is 33.2. The van der Waals surface area contributed by atoms with Gasteiger partial charge in [-0.15, -0.1) is 5.10 Å². The number of hydrogen-bond donors (Lipinski definition) is 2. The fourth-order valence-electron chi connectivity index (χ4n) is 8.29. The van der Waals surface area contributed by atoms with Crippen molar-refractivity contribution in [1.29, 1.82) is 0 Å². The number of methoxy groups -OCH3 is 1. The van der Waals surface area contributed by atoms with Crippen LogP contribution in [-0.2, 0) is 45.8 Å². The molecule has 3 aromatic carbocycles. The number of pyridine rings is 1. The highest BCUT2D eigenvalue weighted by molar-refractivity contribution is 5.95. The molecular weight excluding hydrogens is 717 g/mol. The van der Waals surface area contributed by atoms with E-state index in [-0.39, 0.29) is 31.1 Å². The molecule has 2 amide bonds. The van der Waals surface area contributed by atoms with Crippen LogP contribution in [0.3, 0.4) is 0 Å². The van der Waals surface area contributed by atoms with Crippen LogP contribution in [0, 0.1) is 0 Å². The number of alkyl carbamates (subject to hydrolysis) is 1. The van der Waals surface area contributed by atoms with Crippen LogP contribution in [0.1, 0.15) is 80.8 Å². The lowest BCUT2D eigenvalue weighted by atomic mass is 9.89. The third-order valence-electron chi connectivity index (χ3n) is 11.4. The summed E-state index contributed by atoms with van der Waals surface area (Å²) in [6.45, 7) is 9.93. The second-order valence-electron chi connectivity index (χ2n) is 15.7. The normalized spacial score (nSPS) is 18.5. The van der Waals surface area contributed by atoms with E-state index in [1.807, 2.05) is 72.5 Å². The van der Waals surface area contributed by atoms with Crippen molar-refractivity contribution in [3.05, 3.63) is 125 Å². The van der Waals surface area contributed by atoms with E-state index in [2.05, 4.69) is 77.6 Å². The Morgan fingerprint density at radius 3 is 2.67 bits per heavy atom. The number of amides is 2. The molecule has 0 unspecified atom stereocenters. The van der Waals surface area contributed by atoms with Crippen molar-refractivity contribution in [2.24, 2.45) is 0 Å². The molecule has 3 atom stereocenters. The summed E-state index contributed by atoms with van der Waals surface area (Å²) in [6, 6.07) is 27.4. The molecule has 12 nitrogen and oxygen atoms in total. The zero-order chi connectivity index (χ0) is 39.7. The summed E-state index contributed by atoms with van der Waals surface area (Å²) in [5, 5.41) is 15.1. The van der Waals surface area contributed by atoms with E-state index in [0.717, 1.165) is 75.2 Å². The largest absolute Gasteiger partial charge is 0.445 e. The molecule has 0 radical (unpaired) electrons. The van der Waals surface area contributed by atoms with Crippen LogP contribution in [0.4, 0.5) is 4.79 Å². The third kappa shape index (κ3) is 7.67. The fraction of sp³-hybridized carbons (Fsp3) is 0.356. The smallest absolute Gasteiger partial charge is 0.408 e. The number of fused-ring (bicyclic) bond motifs is 9. The lowest BCUT2D eigenvalue weighted by Gasteiger charge is -2.35. The van der Waals surface area contributed by atoms with Crippen LogP contribution in [0.25, 0.3) is 33.3 Å². The highest BCUT2D eigenvalue weighted by Crippen LogP contribution is 2.41.